The van der Waals surface area contributed by atoms with Gasteiger partial charge < -0.3 is 14.2 Å². The maximum atomic E-state index is 6.06. The highest BCUT2D eigenvalue weighted by Crippen LogP contribution is 2.61. The summed E-state index contributed by atoms with van der Waals surface area (Å²) in [4.78, 5) is 0. The van der Waals surface area contributed by atoms with Gasteiger partial charge in [-0.25, -0.2) is 0 Å². The van der Waals surface area contributed by atoms with Crippen molar-refractivity contribution in [3.8, 4) is 5.75 Å². The van der Waals surface area contributed by atoms with E-state index in [2.05, 4.69) is 12.1 Å². The van der Waals surface area contributed by atoms with E-state index in [1.807, 2.05) is 19.1 Å². The Kier molecular flexibility index (Phi) is 4.10. The van der Waals surface area contributed by atoms with Crippen LogP contribution in [0.5, 0.6) is 5.75 Å². The molecule has 0 spiro atoms. The van der Waals surface area contributed by atoms with Gasteiger partial charge in [0.25, 0.3) is 0 Å². The molecule has 0 saturated heterocycles. The van der Waals surface area contributed by atoms with E-state index >= 15 is 0 Å². The average Bonchev–Trinajstić information content (AvgIpc) is 2.53. The van der Waals surface area contributed by atoms with E-state index < -0.39 is 6.48 Å². The summed E-state index contributed by atoms with van der Waals surface area (Å²) in [7, 11) is 1.62. The van der Waals surface area contributed by atoms with Gasteiger partial charge in [-0.2, -0.15) is 0 Å². The third-order valence-corrected chi connectivity index (χ3v) is 6.15. The van der Waals surface area contributed by atoms with Gasteiger partial charge in [0.1, 0.15) is 5.75 Å². The van der Waals surface area contributed by atoms with Gasteiger partial charge in [-0.15, -0.1) is 0 Å². The molecule has 4 fully saturated rings. The van der Waals surface area contributed by atoms with Crippen LogP contribution in [0.3, 0.4) is 0 Å². The fourth-order valence-corrected chi connectivity index (χ4v) is 5.76. The number of rotatable bonds is 6. The first-order valence-corrected chi connectivity index (χ1v) is 9.04. The molecule has 0 N–H and O–H groups in total. The fourth-order valence-electron chi connectivity index (χ4n) is 5.76. The molecule has 0 aliphatic heterocycles. The lowest BCUT2D eigenvalue weighted by molar-refractivity contribution is -0.231. The molecule has 4 aliphatic rings. The Balaban J connectivity index is 1.64. The van der Waals surface area contributed by atoms with Crippen LogP contribution >= 0.6 is 0 Å². The van der Waals surface area contributed by atoms with Gasteiger partial charge >= 0.3 is 6.48 Å². The Labute approximate surface area is 139 Å². The Hall–Kier alpha value is -1.06. The highest BCUT2D eigenvalue weighted by atomic mass is 16.8. The molecule has 125 valence electrons. The zero-order valence-electron chi connectivity index (χ0n) is 14.2. The standard InChI is InChI=1S/C20H27O3/c1-3-22-19(21-2)23-18-7-5-4-6-17(18)20-11-14-8-15(12-20)10-16(9-14)13-20/h5-7,14-16,19H,3,8-13H2,1-2H3. The SMILES string of the molecule is CCOC(OC)Oc1cc[c]cc1C12CC3CC(CC(C3)C1)C2. The quantitative estimate of drug-likeness (QED) is 0.733. The topological polar surface area (TPSA) is 27.7 Å². The molecule has 3 heteroatoms. The second kappa shape index (κ2) is 6.10. The van der Waals surface area contributed by atoms with E-state index in [0.717, 1.165) is 23.5 Å². The minimum Gasteiger partial charge on any atom is -0.441 e. The van der Waals surface area contributed by atoms with Crippen LogP contribution in [0.25, 0.3) is 0 Å². The van der Waals surface area contributed by atoms with Crippen molar-refractivity contribution in [1.82, 2.24) is 0 Å². The molecular formula is C20H27O3. The molecule has 0 amide bonds. The summed E-state index contributed by atoms with van der Waals surface area (Å²) >= 11 is 0. The summed E-state index contributed by atoms with van der Waals surface area (Å²) in [6, 6.07) is 9.40. The number of benzene rings is 1. The van der Waals surface area contributed by atoms with Crippen molar-refractivity contribution in [1.29, 1.82) is 0 Å². The molecule has 0 heterocycles. The third-order valence-electron chi connectivity index (χ3n) is 6.15. The van der Waals surface area contributed by atoms with E-state index in [-0.39, 0.29) is 0 Å². The highest BCUT2D eigenvalue weighted by molar-refractivity contribution is 5.41. The molecule has 1 radical (unpaired) electrons. The van der Waals surface area contributed by atoms with E-state index in [4.69, 9.17) is 14.2 Å². The Bertz CT molecular complexity index is 518. The summed E-state index contributed by atoms with van der Waals surface area (Å²) in [5.74, 6) is 3.67. The van der Waals surface area contributed by atoms with Crippen molar-refractivity contribution >= 4 is 0 Å². The molecule has 23 heavy (non-hydrogen) atoms. The minimum absolute atomic E-state index is 0.298. The molecule has 1 atom stereocenters. The molecule has 3 nitrogen and oxygen atoms in total. The van der Waals surface area contributed by atoms with Crippen molar-refractivity contribution in [3.63, 3.8) is 0 Å². The fraction of sp³-hybridized carbons (Fsp3) is 0.700. The zero-order valence-corrected chi connectivity index (χ0v) is 14.2. The predicted molar refractivity (Wildman–Crippen MR) is 88.2 cm³/mol. The minimum atomic E-state index is -0.630. The predicted octanol–water partition coefficient (Wildman–Crippen LogP) is 4.30. The van der Waals surface area contributed by atoms with Gasteiger partial charge in [0.15, 0.2) is 0 Å². The molecule has 0 aromatic heterocycles. The summed E-state index contributed by atoms with van der Waals surface area (Å²) < 4.78 is 16.9. The van der Waals surface area contributed by atoms with Crippen LogP contribution in [-0.4, -0.2) is 20.2 Å². The first-order valence-electron chi connectivity index (χ1n) is 9.04. The summed E-state index contributed by atoms with van der Waals surface area (Å²) in [6.45, 7) is 1.90. The second-order valence-electron chi connectivity index (χ2n) is 7.72. The molecule has 1 aromatic rings. The lowest BCUT2D eigenvalue weighted by Gasteiger charge is -2.57. The molecule has 5 rings (SSSR count). The van der Waals surface area contributed by atoms with Crippen LogP contribution in [0.4, 0.5) is 0 Å². The average molecular weight is 315 g/mol. The smallest absolute Gasteiger partial charge is 0.315 e. The highest BCUT2D eigenvalue weighted by Gasteiger charge is 2.52. The lowest BCUT2D eigenvalue weighted by atomic mass is 9.48. The molecule has 4 aliphatic carbocycles. The van der Waals surface area contributed by atoms with Gasteiger partial charge in [-0.3, -0.25) is 0 Å². The van der Waals surface area contributed by atoms with Crippen LogP contribution in [0.2, 0.25) is 0 Å². The molecule has 1 unspecified atom stereocenters. The zero-order chi connectivity index (χ0) is 15.9. The first-order chi connectivity index (χ1) is 11.2. The third kappa shape index (κ3) is 2.78. The molecule has 4 saturated carbocycles. The lowest BCUT2D eigenvalue weighted by Crippen LogP contribution is -2.48. The van der Waals surface area contributed by atoms with Crippen molar-refractivity contribution in [2.45, 2.75) is 57.3 Å². The van der Waals surface area contributed by atoms with E-state index in [9.17, 15) is 0 Å². The van der Waals surface area contributed by atoms with Gasteiger partial charge in [-0.1, -0.05) is 6.07 Å². The number of methoxy groups -OCH3 is 1. The van der Waals surface area contributed by atoms with Crippen LogP contribution in [0.15, 0.2) is 18.2 Å². The Morgan fingerprint density at radius 1 is 1.17 bits per heavy atom. The number of ether oxygens (including phenoxy) is 3. The molecule has 4 bridgehead atoms. The maximum Gasteiger partial charge on any atom is 0.315 e. The summed E-state index contributed by atoms with van der Waals surface area (Å²) in [5.41, 5.74) is 1.63. The normalized spacial score (nSPS) is 36.2. The van der Waals surface area contributed by atoms with Crippen molar-refractivity contribution < 1.29 is 14.2 Å². The number of hydrogen-bond acceptors (Lipinski definition) is 3. The van der Waals surface area contributed by atoms with Gasteiger partial charge in [0.05, 0.1) is 6.61 Å². The van der Waals surface area contributed by atoms with Gasteiger partial charge in [0.2, 0.25) is 0 Å². The van der Waals surface area contributed by atoms with Crippen LogP contribution in [0.1, 0.15) is 51.0 Å². The maximum absolute atomic E-state index is 6.06. The van der Waals surface area contributed by atoms with E-state index in [0.29, 0.717) is 12.0 Å². The van der Waals surface area contributed by atoms with Crippen molar-refractivity contribution in [2.75, 3.05) is 13.7 Å². The van der Waals surface area contributed by atoms with Crippen molar-refractivity contribution in [2.24, 2.45) is 17.8 Å². The van der Waals surface area contributed by atoms with Gasteiger partial charge in [0, 0.05) is 12.7 Å². The Morgan fingerprint density at radius 3 is 2.39 bits per heavy atom. The molecule has 1 aromatic carbocycles. The summed E-state index contributed by atoms with van der Waals surface area (Å²) in [5, 5.41) is 0. The van der Waals surface area contributed by atoms with Crippen LogP contribution in [0, 0.1) is 23.8 Å². The van der Waals surface area contributed by atoms with E-state index in [1.54, 1.807) is 7.11 Å². The first kappa shape index (κ1) is 15.5. The Morgan fingerprint density at radius 2 is 1.83 bits per heavy atom. The van der Waals surface area contributed by atoms with Crippen LogP contribution in [-0.2, 0) is 14.9 Å². The van der Waals surface area contributed by atoms with Gasteiger partial charge in [-0.05, 0) is 86.8 Å². The summed E-state index contributed by atoms with van der Waals surface area (Å²) in [6.07, 6.45) is 8.31. The van der Waals surface area contributed by atoms with E-state index in [1.165, 1.54) is 44.1 Å². The van der Waals surface area contributed by atoms with Crippen LogP contribution < -0.4 is 4.74 Å². The molecular weight excluding hydrogens is 288 g/mol. The monoisotopic (exact) mass is 315 g/mol. The van der Waals surface area contributed by atoms with Crippen molar-refractivity contribution in [3.05, 3.63) is 29.8 Å². The second-order valence-corrected chi connectivity index (χ2v) is 7.72. The number of hydrogen-bond donors (Lipinski definition) is 0. The largest absolute Gasteiger partial charge is 0.441 e.